The fourth-order valence-electron chi connectivity index (χ4n) is 2.83. The summed E-state index contributed by atoms with van der Waals surface area (Å²) in [5.41, 5.74) is 1.16. The Morgan fingerprint density at radius 2 is 1.97 bits per heavy atom. The van der Waals surface area contributed by atoms with Gasteiger partial charge in [0.25, 0.3) is 0 Å². The van der Waals surface area contributed by atoms with Crippen LogP contribution in [0.15, 0.2) is 61.2 Å². The number of thioether (sulfide) groups is 1. The van der Waals surface area contributed by atoms with Gasteiger partial charge >= 0.3 is 0 Å². The zero-order chi connectivity index (χ0) is 20.1. The molecule has 4 rings (SSSR count). The van der Waals surface area contributed by atoms with Crippen molar-refractivity contribution in [2.45, 2.75) is 43.6 Å². The van der Waals surface area contributed by atoms with Gasteiger partial charge in [-0.05, 0) is 40.0 Å². The molecule has 0 fully saturated rings. The first-order valence-corrected chi connectivity index (χ1v) is 11.2. The molecule has 29 heavy (non-hydrogen) atoms. The summed E-state index contributed by atoms with van der Waals surface area (Å²) in [5.74, 6) is 3.25. The molecule has 0 atom stereocenters. The smallest absolute Gasteiger partial charge is 0.226 e. The number of aromatic nitrogens is 5. The summed E-state index contributed by atoms with van der Waals surface area (Å²) in [4.78, 5) is 4.46. The maximum atomic E-state index is 5.71. The predicted octanol–water partition coefficient (Wildman–Crippen LogP) is 5.37. The van der Waals surface area contributed by atoms with Crippen molar-refractivity contribution in [3.63, 3.8) is 0 Å². The van der Waals surface area contributed by atoms with Gasteiger partial charge in [-0.2, -0.15) is 4.98 Å². The first-order chi connectivity index (χ1) is 14.2. The molecule has 0 saturated carbocycles. The first-order valence-electron chi connectivity index (χ1n) is 9.40. The van der Waals surface area contributed by atoms with Crippen LogP contribution in [0.2, 0.25) is 0 Å². The molecular formula is C20H20BrN5O2S. The average Bonchev–Trinajstić information content (AvgIpc) is 3.46. The summed E-state index contributed by atoms with van der Waals surface area (Å²) in [7, 11) is 0. The molecule has 0 saturated heterocycles. The highest BCUT2D eigenvalue weighted by atomic mass is 79.9. The lowest BCUT2D eigenvalue weighted by atomic mass is 10.2. The Labute approximate surface area is 181 Å². The second-order valence-electron chi connectivity index (χ2n) is 6.48. The summed E-state index contributed by atoms with van der Waals surface area (Å²) in [5, 5.41) is 13.6. The maximum absolute atomic E-state index is 5.71. The van der Waals surface area contributed by atoms with Crippen molar-refractivity contribution in [3.05, 3.63) is 64.4 Å². The Morgan fingerprint density at radius 3 is 2.72 bits per heavy atom. The zero-order valence-electron chi connectivity index (χ0n) is 15.9. The van der Waals surface area contributed by atoms with Crippen LogP contribution >= 0.6 is 27.7 Å². The van der Waals surface area contributed by atoms with E-state index in [2.05, 4.69) is 55.3 Å². The van der Waals surface area contributed by atoms with E-state index in [1.165, 1.54) is 11.8 Å². The normalized spacial score (nSPS) is 11.2. The molecule has 7 nitrogen and oxygen atoms in total. The zero-order valence-corrected chi connectivity index (χ0v) is 18.3. The van der Waals surface area contributed by atoms with E-state index in [1.54, 1.807) is 0 Å². The van der Waals surface area contributed by atoms with Gasteiger partial charge in [0.1, 0.15) is 0 Å². The third kappa shape index (κ3) is 4.97. The van der Waals surface area contributed by atoms with Crippen molar-refractivity contribution in [2.24, 2.45) is 0 Å². The van der Waals surface area contributed by atoms with E-state index in [1.807, 2.05) is 34.9 Å². The van der Waals surface area contributed by atoms with Crippen molar-refractivity contribution in [2.75, 3.05) is 0 Å². The first kappa shape index (κ1) is 19.9. The molecule has 0 spiro atoms. The van der Waals surface area contributed by atoms with Crippen LogP contribution < -0.4 is 0 Å². The minimum atomic E-state index is 0.560. The van der Waals surface area contributed by atoms with Crippen LogP contribution in [0.25, 0.3) is 11.6 Å². The molecule has 0 aliphatic heterocycles. The summed E-state index contributed by atoms with van der Waals surface area (Å²) >= 11 is 4.88. The number of nitrogens with zero attached hydrogens (tertiary/aromatic N) is 5. The van der Waals surface area contributed by atoms with Gasteiger partial charge in [0.15, 0.2) is 21.4 Å². The second-order valence-corrected chi connectivity index (χ2v) is 8.20. The molecule has 0 amide bonds. The van der Waals surface area contributed by atoms with E-state index in [4.69, 9.17) is 8.94 Å². The molecule has 3 heterocycles. The largest absolute Gasteiger partial charge is 0.446 e. The van der Waals surface area contributed by atoms with Gasteiger partial charge < -0.3 is 8.94 Å². The van der Waals surface area contributed by atoms with Gasteiger partial charge in [0, 0.05) is 6.42 Å². The summed E-state index contributed by atoms with van der Waals surface area (Å²) in [6.45, 7) is 2.78. The molecule has 3 aromatic heterocycles. The lowest BCUT2D eigenvalue weighted by molar-refractivity contribution is 0.371. The number of hydrogen-bond donors (Lipinski definition) is 0. The Bertz CT molecular complexity index is 1060. The number of hydrogen-bond acceptors (Lipinski definition) is 7. The fourth-order valence-corrected chi connectivity index (χ4v) is 3.92. The minimum Gasteiger partial charge on any atom is -0.446 e. The molecule has 0 unspecified atom stereocenters. The van der Waals surface area contributed by atoms with Crippen LogP contribution in [0.1, 0.15) is 37.0 Å². The Kier molecular flexibility index (Phi) is 6.46. The highest BCUT2D eigenvalue weighted by Gasteiger charge is 2.18. The Balaban J connectivity index is 1.55. The molecule has 0 radical (unpaired) electrons. The van der Waals surface area contributed by atoms with E-state index in [9.17, 15) is 0 Å². The highest BCUT2D eigenvalue weighted by molar-refractivity contribution is 9.10. The van der Waals surface area contributed by atoms with E-state index in [0.717, 1.165) is 30.0 Å². The third-order valence-electron chi connectivity index (χ3n) is 4.28. The SMILES string of the molecule is CCCCc1nc(CSc2nnc(-c3ccc(Br)o3)n2Cc2ccccc2)no1. The number of aryl methyl sites for hydroxylation is 1. The van der Waals surface area contributed by atoms with Crippen LogP contribution in [-0.2, 0) is 18.7 Å². The third-order valence-corrected chi connectivity index (χ3v) is 5.67. The predicted molar refractivity (Wildman–Crippen MR) is 113 cm³/mol. The van der Waals surface area contributed by atoms with Crippen molar-refractivity contribution >= 4 is 27.7 Å². The van der Waals surface area contributed by atoms with Gasteiger partial charge in [0.05, 0.1) is 12.3 Å². The van der Waals surface area contributed by atoms with Gasteiger partial charge in [-0.3, -0.25) is 4.57 Å². The quantitative estimate of drug-likeness (QED) is 0.302. The Hall–Kier alpha value is -2.39. The molecule has 0 N–H and O–H groups in total. The minimum absolute atomic E-state index is 0.560. The maximum Gasteiger partial charge on any atom is 0.226 e. The van der Waals surface area contributed by atoms with Crippen LogP contribution in [0.5, 0.6) is 0 Å². The molecule has 0 bridgehead atoms. The lowest BCUT2D eigenvalue weighted by Crippen LogP contribution is -2.04. The topological polar surface area (TPSA) is 82.8 Å². The van der Waals surface area contributed by atoms with Crippen LogP contribution in [-0.4, -0.2) is 24.9 Å². The van der Waals surface area contributed by atoms with Gasteiger partial charge in [-0.25, -0.2) is 0 Å². The van der Waals surface area contributed by atoms with Crippen LogP contribution in [0.3, 0.4) is 0 Å². The number of unbranched alkanes of at least 4 members (excludes halogenated alkanes) is 1. The van der Waals surface area contributed by atoms with Crippen molar-refractivity contribution in [3.8, 4) is 11.6 Å². The van der Waals surface area contributed by atoms with E-state index in [0.29, 0.717) is 40.3 Å². The average molecular weight is 474 g/mol. The van der Waals surface area contributed by atoms with Crippen LogP contribution in [0, 0.1) is 0 Å². The van der Waals surface area contributed by atoms with Gasteiger partial charge in [0.2, 0.25) is 11.7 Å². The van der Waals surface area contributed by atoms with Gasteiger partial charge in [-0.15, -0.1) is 10.2 Å². The second kappa shape index (κ2) is 9.41. The van der Waals surface area contributed by atoms with Crippen molar-refractivity contribution < 1.29 is 8.94 Å². The van der Waals surface area contributed by atoms with E-state index < -0.39 is 0 Å². The van der Waals surface area contributed by atoms with E-state index >= 15 is 0 Å². The highest BCUT2D eigenvalue weighted by Crippen LogP contribution is 2.29. The number of furan rings is 1. The van der Waals surface area contributed by atoms with Crippen molar-refractivity contribution in [1.29, 1.82) is 0 Å². The van der Waals surface area contributed by atoms with Crippen LogP contribution in [0.4, 0.5) is 0 Å². The molecule has 150 valence electrons. The van der Waals surface area contributed by atoms with Gasteiger partial charge in [-0.1, -0.05) is 60.6 Å². The van der Waals surface area contributed by atoms with Crippen molar-refractivity contribution in [1.82, 2.24) is 24.9 Å². The summed E-state index contributed by atoms with van der Waals surface area (Å²) in [6.07, 6.45) is 2.96. The molecule has 4 aromatic rings. The number of benzene rings is 1. The number of halogens is 1. The lowest BCUT2D eigenvalue weighted by Gasteiger charge is -2.08. The molecule has 9 heteroatoms. The summed E-state index contributed by atoms with van der Waals surface area (Å²) in [6, 6.07) is 13.9. The van der Waals surface area contributed by atoms with E-state index in [-0.39, 0.29) is 0 Å². The molecule has 0 aliphatic rings. The fraction of sp³-hybridized carbons (Fsp3) is 0.300. The number of rotatable bonds is 9. The Morgan fingerprint density at radius 1 is 1.10 bits per heavy atom. The monoisotopic (exact) mass is 473 g/mol. The molecule has 0 aliphatic carbocycles. The summed E-state index contributed by atoms with van der Waals surface area (Å²) < 4.78 is 13.7. The molecule has 1 aromatic carbocycles. The standard InChI is InChI=1S/C20H20BrN5O2S/c1-2-3-9-18-22-17(25-28-18)13-29-20-24-23-19(15-10-11-16(21)27-15)26(20)12-14-7-5-4-6-8-14/h4-8,10-11H,2-3,9,12-13H2,1H3. The molecular weight excluding hydrogens is 454 g/mol.